The maximum atomic E-state index is 12.9. The number of anilines is 1. The molecule has 3 aromatic rings. The molecule has 0 saturated carbocycles. The summed E-state index contributed by atoms with van der Waals surface area (Å²) in [5.74, 6) is 0.0660. The van der Waals surface area contributed by atoms with Gasteiger partial charge in [0, 0.05) is 11.9 Å². The van der Waals surface area contributed by atoms with Crippen molar-refractivity contribution in [2.75, 3.05) is 11.6 Å². The van der Waals surface area contributed by atoms with E-state index in [0.717, 1.165) is 6.26 Å². The Morgan fingerprint density at radius 2 is 1.82 bits per heavy atom. The summed E-state index contributed by atoms with van der Waals surface area (Å²) < 4.78 is 47.2. The van der Waals surface area contributed by atoms with E-state index in [9.17, 15) is 17.6 Å². The number of ether oxygens (including phenoxy) is 1. The van der Waals surface area contributed by atoms with Gasteiger partial charge in [0.2, 0.25) is 0 Å². The maximum Gasteiger partial charge on any atom is 0.291 e. The van der Waals surface area contributed by atoms with E-state index in [2.05, 4.69) is 5.32 Å². The molecule has 2 aromatic carbocycles. The van der Waals surface area contributed by atoms with Crippen LogP contribution in [0.15, 0.2) is 63.9 Å². The van der Waals surface area contributed by atoms with Crippen molar-refractivity contribution >= 4 is 21.4 Å². The van der Waals surface area contributed by atoms with E-state index in [4.69, 9.17) is 9.15 Å². The molecule has 3 rings (SSSR count). The number of sulfone groups is 1. The highest BCUT2D eigenvalue weighted by atomic mass is 32.2. The molecule has 1 N–H and O–H groups in total. The third kappa shape index (κ3) is 4.77. The smallest absolute Gasteiger partial charge is 0.291 e. The first-order valence-corrected chi connectivity index (χ1v) is 10.2. The van der Waals surface area contributed by atoms with E-state index in [1.807, 2.05) is 0 Å². The van der Waals surface area contributed by atoms with Crippen LogP contribution in [-0.2, 0) is 16.4 Å². The zero-order chi connectivity index (χ0) is 20.3. The first-order valence-electron chi connectivity index (χ1n) is 8.31. The lowest BCUT2D eigenvalue weighted by atomic mass is 10.2. The van der Waals surface area contributed by atoms with Gasteiger partial charge in [0.1, 0.15) is 23.9 Å². The highest BCUT2D eigenvalue weighted by Gasteiger charge is 2.15. The van der Waals surface area contributed by atoms with Crippen LogP contribution < -0.4 is 10.1 Å². The van der Waals surface area contributed by atoms with E-state index in [1.54, 1.807) is 19.1 Å². The normalized spacial score (nSPS) is 11.2. The van der Waals surface area contributed by atoms with Gasteiger partial charge in [0.15, 0.2) is 15.6 Å². The number of benzene rings is 2. The molecule has 0 aliphatic rings. The van der Waals surface area contributed by atoms with Crippen LogP contribution in [0.25, 0.3) is 0 Å². The van der Waals surface area contributed by atoms with Gasteiger partial charge in [-0.05, 0) is 61.0 Å². The number of aryl methyl sites for hydroxylation is 1. The van der Waals surface area contributed by atoms with E-state index in [-0.39, 0.29) is 23.1 Å². The number of carbonyl (C=O) groups excluding carboxylic acids is 1. The quantitative estimate of drug-likeness (QED) is 0.673. The number of hydrogen-bond acceptors (Lipinski definition) is 5. The van der Waals surface area contributed by atoms with Crippen molar-refractivity contribution in [1.82, 2.24) is 0 Å². The van der Waals surface area contributed by atoms with Crippen molar-refractivity contribution in [2.45, 2.75) is 18.4 Å². The van der Waals surface area contributed by atoms with Crippen molar-refractivity contribution in [3.63, 3.8) is 0 Å². The molecule has 0 aliphatic carbocycles. The summed E-state index contributed by atoms with van der Waals surface area (Å²) in [5.41, 5.74) is 1.10. The highest BCUT2D eigenvalue weighted by molar-refractivity contribution is 7.90. The average molecular weight is 403 g/mol. The lowest BCUT2D eigenvalue weighted by molar-refractivity contribution is 0.0992. The molecule has 0 radical (unpaired) electrons. The zero-order valence-corrected chi connectivity index (χ0v) is 16.0. The van der Waals surface area contributed by atoms with Crippen molar-refractivity contribution < 1.29 is 26.8 Å². The van der Waals surface area contributed by atoms with Crippen LogP contribution in [0, 0.1) is 12.7 Å². The SMILES string of the molecule is Cc1ccc(S(C)(=O)=O)cc1NC(=O)c1ccc(COc2ccc(F)cc2)o1. The minimum absolute atomic E-state index is 0.0573. The molecule has 1 aromatic heterocycles. The summed E-state index contributed by atoms with van der Waals surface area (Å²) >= 11 is 0. The molecule has 0 unspecified atom stereocenters. The minimum atomic E-state index is -3.39. The lowest BCUT2D eigenvalue weighted by Gasteiger charge is -2.09. The molecular formula is C20H18FNO5S. The third-order valence-electron chi connectivity index (χ3n) is 3.97. The molecular weight excluding hydrogens is 385 g/mol. The van der Waals surface area contributed by atoms with Crippen LogP contribution in [0.2, 0.25) is 0 Å². The zero-order valence-electron chi connectivity index (χ0n) is 15.2. The number of halogens is 1. The van der Waals surface area contributed by atoms with Crippen LogP contribution in [0.3, 0.4) is 0 Å². The van der Waals surface area contributed by atoms with Crippen molar-refractivity contribution in [1.29, 1.82) is 0 Å². The second-order valence-electron chi connectivity index (χ2n) is 6.21. The fourth-order valence-electron chi connectivity index (χ4n) is 2.41. The molecule has 0 spiro atoms. The third-order valence-corrected chi connectivity index (χ3v) is 5.08. The van der Waals surface area contributed by atoms with Gasteiger partial charge < -0.3 is 14.5 Å². The van der Waals surface area contributed by atoms with Crippen LogP contribution in [0.1, 0.15) is 21.9 Å². The van der Waals surface area contributed by atoms with Gasteiger partial charge in [-0.1, -0.05) is 6.07 Å². The van der Waals surface area contributed by atoms with Crippen molar-refractivity contribution in [3.05, 3.63) is 77.5 Å². The number of rotatable bonds is 6. The molecule has 8 heteroatoms. The highest BCUT2D eigenvalue weighted by Crippen LogP contribution is 2.22. The number of nitrogens with one attached hydrogen (secondary N) is 1. The van der Waals surface area contributed by atoms with Gasteiger partial charge >= 0.3 is 0 Å². The van der Waals surface area contributed by atoms with Crippen LogP contribution in [0.5, 0.6) is 5.75 Å². The number of carbonyl (C=O) groups is 1. The molecule has 0 saturated heterocycles. The summed E-state index contributed by atoms with van der Waals surface area (Å²) in [4.78, 5) is 12.5. The molecule has 0 bridgehead atoms. The molecule has 1 amide bonds. The second-order valence-corrected chi connectivity index (χ2v) is 8.23. The van der Waals surface area contributed by atoms with E-state index in [0.29, 0.717) is 22.8 Å². The molecule has 1 heterocycles. The molecule has 0 fully saturated rings. The Morgan fingerprint density at radius 3 is 2.50 bits per heavy atom. The number of amides is 1. The maximum absolute atomic E-state index is 12.9. The molecule has 6 nitrogen and oxygen atoms in total. The van der Waals surface area contributed by atoms with E-state index in [1.165, 1.54) is 42.5 Å². The molecule has 0 aliphatic heterocycles. The monoisotopic (exact) mass is 403 g/mol. The largest absolute Gasteiger partial charge is 0.486 e. The van der Waals surface area contributed by atoms with E-state index < -0.39 is 15.7 Å². The number of furan rings is 1. The minimum Gasteiger partial charge on any atom is -0.486 e. The first kappa shape index (κ1) is 19.6. The second kappa shape index (κ2) is 7.85. The van der Waals surface area contributed by atoms with Crippen LogP contribution in [0.4, 0.5) is 10.1 Å². The van der Waals surface area contributed by atoms with Gasteiger partial charge in [0.05, 0.1) is 4.90 Å². The molecule has 0 atom stereocenters. The summed E-state index contributed by atoms with van der Waals surface area (Å²) in [7, 11) is -3.39. The Hall–Kier alpha value is -3.13. The summed E-state index contributed by atoms with van der Waals surface area (Å²) in [6.07, 6.45) is 1.10. The molecule has 146 valence electrons. The predicted molar refractivity (Wildman–Crippen MR) is 102 cm³/mol. The topological polar surface area (TPSA) is 85.6 Å². The Morgan fingerprint density at radius 1 is 1.11 bits per heavy atom. The fraction of sp³-hybridized carbons (Fsp3) is 0.150. The summed E-state index contributed by atoms with van der Waals surface area (Å²) in [6, 6.07) is 13.1. The van der Waals surface area contributed by atoms with Gasteiger partial charge in [-0.25, -0.2) is 12.8 Å². The van der Waals surface area contributed by atoms with Crippen LogP contribution >= 0.6 is 0 Å². The summed E-state index contributed by atoms with van der Waals surface area (Å²) in [6.45, 7) is 1.83. The Bertz CT molecular complexity index is 1100. The summed E-state index contributed by atoms with van der Waals surface area (Å²) in [5, 5.41) is 2.65. The average Bonchev–Trinajstić information content (AvgIpc) is 3.11. The predicted octanol–water partition coefficient (Wildman–Crippen LogP) is 3.96. The first-order chi connectivity index (χ1) is 13.2. The van der Waals surface area contributed by atoms with Gasteiger partial charge in [-0.15, -0.1) is 0 Å². The van der Waals surface area contributed by atoms with Crippen LogP contribution in [-0.4, -0.2) is 20.6 Å². The van der Waals surface area contributed by atoms with Crippen molar-refractivity contribution in [2.24, 2.45) is 0 Å². The Labute approximate surface area is 161 Å². The Kier molecular flexibility index (Phi) is 5.51. The van der Waals surface area contributed by atoms with E-state index >= 15 is 0 Å². The number of hydrogen-bond donors (Lipinski definition) is 1. The fourth-order valence-corrected chi connectivity index (χ4v) is 3.06. The molecule has 28 heavy (non-hydrogen) atoms. The van der Waals surface area contributed by atoms with Gasteiger partial charge in [-0.2, -0.15) is 0 Å². The standard InChI is InChI=1S/C20H18FNO5S/c1-13-3-9-17(28(2,24)25)11-18(13)22-20(23)19-10-8-16(27-19)12-26-15-6-4-14(21)5-7-15/h3-11H,12H2,1-2H3,(H,22,23). The Balaban J connectivity index is 1.68. The lowest BCUT2D eigenvalue weighted by Crippen LogP contribution is -2.12. The van der Waals surface area contributed by atoms with Gasteiger partial charge in [0.25, 0.3) is 5.91 Å². The van der Waals surface area contributed by atoms with Crippen molar-refractivity contribution in [3.8, 4) is 5.75 Å². The van der Waals surface area contributed by atoms with Gasteiger partial charge in [-0.3, -0.25) is 4.79 Å².